The van der Waals surface area contributed by atoms with Crippen LogP contribution in [-0.2, 0) is 9.53 Å². The van der Waals surface area contributed by atoms with Gasteiger partial charge in [-0.2, -0.15) is 0 Å². The molecule has 0 radical (unpaired) electrons. The second kappa shape index (κ2) is 4.95. The highest BCUT2D eigenvalue weighted by atomic mass is 16.5. The Balaban J connectivity index is 2.92. The van der Waals surface area contributed by atoms with Crippen molar-refractivity contribution in [3.05, 3.63) is 41.5 Å². The van der Waals surface area contributed by atoms with Crippen molar-refractivity contribution in [2.45, 2.75) is 0 Å². The van der Waals surface area contributed by atoms with Crippen molar-refractivity contribution in [1.29, 1.82) is 0 Å². The van der Waals surface area contributed by atoms with Gasteiger partial charge in [-0.3, -0.25) is 4.79 Å². The fraction of sp³-hybridized carbons (Fsp3) is 0.0909. The molecule has 0 aliphatic heterocycles. The number of primary amides is 1. The quantitative estimate of drug-likeness (QED) is 0.590. The van der Waals surface area contributed by atoms with E-state index in [2.05, 4.69) is 4.74 Å². The van der Waals surface area contributed by atoms with Gasteiger partial charge in [-0.25, -0.2) is 4.79 Å². The zero-order valence-electron chi connectivity index (χ0n) is 8.27. The molecular weight excluding hydrogens is 194 g/mol. The SMILES string of the molecule is COC(=O)c1cccc(/C=C\C(N)=O)c1. The van der Waals surface area contributed by atoms with E-state index < -0.39 is 11.9 Å². The van der Waals surface area contributed by atoms with E-state index in [1.807, 2.05) is 0 Å². The van der Waals surface area contributed by atoms with Crippen LogP contribution in [0.5, 0.6) is 0 Å². The highest BCUT2D eigenvalue weighted by Crippen LogP contribution is 2.07. The molecule has 0 aromatic heterocycles. The number of amides is 1. The van der Waals surface area contributed by atoms with Gasteiger partial charge in [0.1, 0.15) is 0 Å². The fourth-order valence-electron chi connectivity index (χ4n) is 1.07. The predicted octanol–water partition coefficient (Wildman–Crippen LogP) is 0.972. The smallest absolute Gasteiger partial charge is 0.337 e. The Hall–Kier alpha value is -2.10. The van der Waals surface area contributed by atoms with Crippen LogP contribution in [-0.4, -0.2) is 19.0 Å². The van der Waals surface area contributed by atoms with Crippen molar-refractivity contribution < 1.29 is 14.3 Å². The van der Waals surface area contributed by atoms with E-state index in [0.29, 0.717) is 5.56 Å². The molecule has 0 atom stereocenters. The number of carbonyl (C=O) groups is 2. The van der Waals surface area contributed by atoms with Crippen LogP contribution in [0.3, 0.4) is 0 Å². The van der Waals surface area contributed by atoms with Gasteiger partial charge in [-0.1, -0.05) is 12.1 Å². The zero-order chi connectivity index (χ0) is 11.3. The Kier molecular flexibility index (Phi) is 3.62. The van der Waals surface area contributed by atoms with Crippen LogP contribution < -0.4 is 5.73 Å². The first-order valence-corrected chi connectivity index (χ1v) is 4.29. The van der Waals surface area contributed by atoms with Gasteiger partial charge in [0.2, 0.25) is 5.91 Å². The lowest BCUT2D eigenvalue weighted by atomic mass is 10.1. The molecule has 2 N–H and O–H groups in total. The number of methoxy groups -OCH3 is 1. The lowest BCUT2D eigenvalue weighted by Gasteiger charge is -1.99. The minimum Gasteiger partial charge on any atom is -0.465 e. The van der Waals surface area contributed by atoms with Crippen molar-refractivity contribution in [3.63, 3.8) is 0 Å². The van der Waals surface area contributed by atoms with E-state index in [1.54, 1.807) is 24.3 Å². The van der Waals surface area contributed by atoms with E-state index in [9.17, 15) is 9.59 Å². The number of benzene rings is 1. The molecule has 78 valence electrons. The molecule has 1 aromatic rings. The minimum atomic E-state index is -0.529. The molecule has 4 nitrogen and oxygen atoms in total. The van der Waals surface area contributed by atoms with Crippen LogP contribution in [0, 0.1) is 0 Å². The van der Waals surface area contributed by atoms with Gasteiger partial charge in [-0.15, -0.1) is 0 Å². The van der Waals surface area contributed by atoms with Crippen LogP contribution in [0.15, 0.2) is 30.3 Å². The highest BCUT2D eigenvalue weighted by molar-refractivity contribution is 5.92. The van der Waals surface area contributed by atoms with Crippen molar-refractivity contribution in [2.24, 2.45) is 5.73 Å². The third-order valence-corrected chi connectivity index (χ3v) is 1.75. The molecule has 15 heavy (non-hydrogen) atoms. The lowest BCUT2D eigenvalue weighted by Crippen LogP contribution is -2.05. The van der Waals surface area contributed by atoms with Gasteiger partial charge < -0.3 is 10.5 Å². The molecule has 4 heteroatoms. The molecule has 0 saturated heterocycles. The van der Waals surface area contributed by atoms with Crippen molar-refractivity contribution >= 4 is 18.0 Å². The van der Waals surface area contributed by atoms with E-state index >= 15 is 0 Å². The van der Waals surface area contributed by atoms with E-state index in [-0.39, 0.29) is 0 Å². The first-order valence-electron chi connectivity index (χ1n) is 4.29. The number of nitrogens with two attached hydrogens (primary N) is 1. The molecule has 0 unspecified atom stereocenters. The van der Waals surface area contributed by atoms with E-state index in [1.165, 1.54) is 19.3 Å². The van der Waals surface area contributed by atoms with Crippen molar-refractivity contribution in [3.8, 4) is 0 Å². The molecule has 0 spiro atoms. The Morgan fingerprint density at radius 2 is 2.13 bits per heavy atom. The van der Waals surface area contributed by atoms with Gasteiger partial charge in [0, 0.05) is 6.08 Å². The first kappa shape index (κ1) is 11.0. The zero-order valence-corrected chi connectivity index (χ0v) is 8.27. The third-order valence-electron chi connectivity index (χ3n) is 1.75. The average molecular weight is 205 g/mol. The number of esters is 1. The maximum Gasteiger partial charge on any atom is 0.337 e. The van der Waals surface area contributed by atoms with E-state index in [0.717, 1.165) is 5.56 Å². The Morgan fingerprint density at radius 3 is 2.73 bits per heavy atom. The molecule has 1 rings (SSSR count). The van der Waals surface area contributed by atoms with Crippen LogP contribution in [0.1, 0.15) is 15.9 Å². The standard InChI is InChI=1S/C11H11NO3/c1-15-11(14)9-4-2-3-8(7-9)5-6-10(12)13/h2-7H,1H3,(H2,12,13)/b6-5-. The van der Waals surface area contributed by atoms with Crippen LogP contribution >= 0.6 is 0 Å². The highest BCUT2D eigenvalue weighted by Gasteiger charge is 2.03. The molecule has 0 aliphatic rings. The Labute approximate surface area is 87.3 Å². The van der Waals surface area contributed by atoms with Crippen molar-refractivity contribution in [1.82, 2.24) is 0 Å². The number of hydrogen-bond donors (Lipinski definition) is 1. The van der Waals surface area contributed by atoms with Crippen LogP contribution in [0.2, 0.25) is 0 Å². The summed E-state index contributed by atoms with van der Waals surface area (Å²) in [4.78, 5) is 21.7. The molecule has 0 aliphatic carbocycles. The van der Waals surface area contributed by atoms with Crippen LogP contribution in [0.4, 0.5) is 0 Å². The summed E-state index contributed by atoms with van der Waals surface area (Å²) < 4.78 is 4.56. The average Bonchev–Trinajstić information content (AvgIpc) is 2.25. The maximum atomic E-state index is 11.2. The summed E-state index contributed by atoms with van der Waals surface area (Å²) in [6.45, 7) is 0. The summed E-state index contributed by atoms with van der Waals surface area (Å²) in [5.41, 5.74) is 6.10. The van der Waals surface area contributed by atoms with Crippen molar-refractivity contribution in [2.75, 3.05) is 7.11 Å². The van der Waals surface area contributed by atoms with Crippen LogP contribution in [0.25, 0.3) is 6.08 Å². The maximum absolute atomic E-state index is 11.2. The summed E-state index contributed by atoms with van der Waals surface area (Å²) >= 11 is 0. The molecule has 1 amide bonds. The molecule has 1 aromatic carbocycles. The Morgan fingerprint density at radius 1 is 1.40 bits per heavy atom. The van der Waals surface area contributed by atoms with Gasteiger partial charge in [0.05, 0.1) is 12.7 Å². The molecule has 0 fully saturated rings. The topological polar surface area (TPSA) is 69.4 Å². The second-order valence-corrected chi connectivity index (χ2v) is 2.85. The predicted molar refractivity (Wildman–Crippen MR) is 56.0 cm³/mol. The second-order valence-electron chi connectivity index (χ2n) is 2.85. The molecule has 0 heterocycles. The lowest BCUT2D eigenvalue weighted by molar-refractivity contribution is -0.113. The Bertz CT molecular complexity index is 410. The summed E-state index contributed by atoms with van der Waals surface area (Å²) in [7, 11) is 1.31. The largest absolute Gasteiger partial charge is 0.465 e. The number of rotatable bonds is 3. The van der Waals surface area contributed by atoms with Gasteiger partial charge in [0.15, 0.2) is 0 Å². The minimum absolute atomic E-state index is 0.413. The number of hydrogen-bond acceptors (Lipinski definition) is 3. The van der Waals surface area contributed by atoms with Gasteiger partial charge >= 0.3 is 5.97 Å². The fourth-order valence-corrected chi connectivity index (χ4v) is 1.07. The van der Waals surface area contributed by atoms with Gasteiger partial charge in [0.25, 0.3) is 0 Å². The first-order chi connectivity index (χ1) is 7.13. The van der Waals surface area contributed by atoms with Gasteiger partial charge in [-0.05, 0) is 23.8 Å². The molecule has 0 saturated carbocycles. The summed E-state index contributed by atoms with van der Waals surface area (Å²) in [6.07, 6.45) is 2.77. The van der Waals surface area contributed by atoms with E-state index in [4.69, 9.17) is 5.73 Å². The number of ether oxygens (including phenoxy) is 1. The monoisotopic (exact) mass is 205 g/mol. The summed E-state index contributed by atoms with van der Waals surface area (Å²) in [6, 6.07) is 6.71. The number of carbonyl (C=O) groups excluding carboxylic acids is 2. The third kappa shape index (κ3) is 3.27. The summed E-state index contributed by atoms with van der Waals surface area (Å²) in [5, 5.41) is 0. The summed E-state index contributed by atoms with van der Waals surface area (Å²) in [5.74, 6) is -0.942. The molecule has 0 bridgehead atoms. The molecular formula is C11H11NO3. The normalized spacial score (nSPS) is 10.2.